The summed E-state index contributed by atoms with van der Waals surface area (Å²) >= 11 is 0. The van der Waals surface area contributed by atoms with Crippen molar-refractivity contribution in [2.75, 3.05) is 44.7 Å². The molecule has 3 nitrogen and oxygen atoms in total. The number of halogens is 2. The zero-order valence-corrected chi connectivity index (χ0v) is 11.5. The molecule has 1 aromatic rings. The number of hydrogen-bond acceptors (Lipinski definition) is 3. The molecule has 1 aliphatic heterocycles. The monoisotopic (exact) mass is 269 g/mol. The normalized spacial score (nSPS) is 20.8. The number of nitrogens with one attached hydrogen (secondary N) is 1. The van der Waals surface area contributed by atoms with Crippen molar-refractivity contribution in [1.29, 1.82) is 0 Å². The summed E-state index contributed by atoms with van der Waals surface area (Å²) in [5.41, 5.74) is 0.502. The van der Waals surface area contributed by atoms with Gasteiger partial charge >= 0.3 is 0 Å². The molecule has 1 heterocycles. The molecule has 0 saturated carbocycles. The maximum atomic E-state index is 13.8. The van der Waals surface area contributed by atoms with Gasteiger partial charge in [-0.25, -0.2) is 8.78 Å². The Hall–Kier alpha value is -1.20. The SMILES string of the molecule is CNCCN1CCN(c2ccc(F)cc2F)C(C)C1. The molecule has 1 fully saturated rings. The van der Waals surface area contributed by atoms with Gasteiger partial charge in [0.05, 0.1) is 5.69 Å². The average Bonchev–Trinajstić information content (AvgIpc) is 2.37. The minimum atomic E-state index is -0.526. The van der Waals surface area contributed by atoms with Crippen LogP contribution in [0.25, 0.3) is 0 Å². The fourth-order valence-electron chi connectivity index (χ4n) is 2.58. The molecular formula is C14H21F2N3. The Kier molecular flexibility index (Phi) is 4.71. The Bertz CT molecular complexity index is 425. The molecule has 1 atom stereocenters. The first-order valence-corrected chi connectivity index (χ1v) is 6.70. The van der Waals surface area contributed by atoms with Gasteiger partial charge < -0.3 is 10.2 Å². The van der Waals surface area contributed by atoms with Gasteiger partial charge in [0.2, 0.25) is 0 Å². The van der Waals surface area contributed by atoms with Crippen LogP contribution in [0.3, 0.4) is 0 Å². The van der Waals surface area contributed by atoms with E-state index in [-0.39, 0.29) is 6.04 Å². The quantitative estimate of drug-likeness (QED) is 0.897. The Morgan fingerprint density at radius 2 is 2.11 bits per heavy atom. The van der Waals surface area contributed by atoms with Crippen molar-refractivity contribution in [1.82, 2.24) is 10.2 Å². The lowest BCUT2D eigenvalue weighted by Gasteiger charge is -2.41. The number of rotatable bonds is 4. The standard InChI is InChI=1S/C14H21F2N3/c1-11-10-18(6-5-17-2)7-8-19(11)14-4-3-12(15)9-13(14)16/h3-4,9,11,17H,5-8,10H2,1-2H3. The average molecular weight is 269 g/mol. The van der Waals surface area contributed by atoms with Crippen LogP contribution in [-0.4, -0.2) is 50.7 Å². The van der Waals surface area contributed by atoms with Gasteiger partial charge in [-0.15, -0.1) is 0 Å². The summed E-state index contributed by atoms with van der Waals surface area (Å²) in [5.74, 6) is -1.00. The minimum absolute atomic E-state index is 0.227. The Morgan fingerprint density at radius 3 is 2.74 bits per heavy atom. The molecule has 0 radical (unpaired) electrons. The molecule has 106 valence electrons. The predicted octanol–water partition coefficient (Wildman–Crippen LogP) is 1.69. The first kappa shape index (κ1) is 14.2. The highest BCUT2D eigenvalue weighted by atomic mass is 19.1. The van der Waals surface area contributed by atoms with E-state index in [1.54, 1.807) is 0 Å². The van der Waals surface area contributed by atoms with Crippen molar-refractivity contribution in [2.24, 2.45) is 0 Å². The summed E-state index contributed by atoms with van der Waals surface area (Å²) in [6, 6.07) is 4.03. The van der Waals surface area contributed by atoms with Crippen LogP contribution in [0.5, 0.6) is 0 Å². The summed E-state index contributed by atoms with van der Waals surface area (Å²) in [7, 11) is 1.94. The van der Waals surface area contributed by atoms with E-state index in [0.717, 1.165) is 38.8 Å². The molecule has 19 heavy (non-hydrogen) atoms. The number of nitrogens with zero attached hydrogens (tertiary/aromatic N) is 2. The fourth-order valence-corrected chi connectivity index (χ4v) is 2.58. The highest BCUT2D eigenvalue weighted by molar-refractivity contribution is 5.49. The molecule has 1 saturated heterocycles. The van der Waals surface area contributed by atoms with Crippen molar-refractivity contribution in [3.63, 3.8) is 0 Å². The number of benzene rings is 1. The van der Waals surface area contributed by atoms with E-state index in [9.17, 15) is 8.78 Å². The van der Waals surface area contributed by atoms with Gasteiger partial charge in [0.15, 0.2) is 0 Å². The number of piperazine rings is 1. The van der Waals surface area contributed by atoms with Crippen molar-refractivity contribution in [2.45, 2.75) is 13.0 Å². The first-order chi connectivity index (χ1) is 9.11. The Balaban J connectivity index is 2.03. The molecule has 0 spiro atoms. The molecule has 0 amide bonds. The molecule has 2 rings (SSSR count). The van der Waals surface area contributed by atoms with E-state index < -0.39 is 11.6 Å². The fraction of sp³-hybridized carbons (Fsp3) is 0.571. The third-order valence-electron chi connectivity index (χ3n) is 3.61. The van der Waals surface area contributed by atoms with Gasteiger partial charge in [-0.3, -0.25) is 4.90 Å². The maximum absolute atomic E-state index is 13.8. The van der Waals surface area contributed by atoms with Crippen molar-refractivity contribution >= 4 is 5.69 Å². The van der Waals surface area contributed by atoms with Gasteiger partial charge in [0.25, 0.3) is 0 Å². The summed E-state index contributed by atoms with van der Waals surface area (Å²) in [6.07, 6.45) is 0. The Labute approximate surface area is 113 Å². The molecule has 1 unspecified atom stereocenters. The van der Waals surface area contributed by atoms with Crippen molar-refractivity contribution in [3.8, 4) is 0 Å². The number of likely N-dealkylation sites (N-methyl/N-ethyl adjacent to an activating group) is 1. The number of hydrogen-bond donors (Lipinski definition) is 1. The molecule has 0 bridgehead atoms. The topological polar surface area (TPSA) is 18.5 Å². The summed E-state index contributed by atoms with van der Waals surface area (Å²) < 4.78 is 26.7. The van der Waals surface area contributed by atoms with Gasteiger partial charge in [-0.05, 0) is 26.1 Å². The summed E-state index contributed by atoms with van der Waals surface area (Å²) in [6.45, 7) is 6.61. The van der Waals surface area contributed by atoms with E-state index in [1.165, 1.54) is 12.1 Å². The van der Waals surface area contributed by atoms with E-state index >= 15 is 0 Å². The van der Waals surface area contributed by atoms with Crippen LogP contribution in [0.2, 0.25) is 0 Å². The van der Waals surface area contributed by atoms with E-state index in [2.05, 4.69) is 17.1 Å². The minimum Gasteiger partial charge on any atom is -0.364 e. The second kappa shape index (κ2) is 6.30. The third kappa shape index (κ3) is 3.42. The maximum Gasteiger partial charge on any atom is 0.149 e. The molecule has 0 aromatic heterocycles. The van der Waals surface area contributed by atoms with E-state index in [1.807, 2.05) is 11.9 Å². The Morgan fingerprint density at radius 1 is 1.32 bits per heavy atom. The third-order valence-corrected chi connectivity index (χ3v) is 3.61. The lowest BCUT2D eigenvalue weighted by molar-refractivity contribution is 0.230. The molecular weight excluding hydrogens is 248 g/mol. The molecule has 1 aromatic carbocycles. The highest BCUT2D eigenvalue weighted by Gasteiger charge is 2.25. The van der Waals surface area contributed by atoms with Crippen molar-refractivity contribution in [3.05, 3.63) is 29.8 Å². The largest absolute Gasteiger partial charge is 0.364 e. The van der Waals surface area contributed by atoms with E-state index in [4.69, 9.17) is 0 Å². The number of anilines is 1. The lowest BCUT2D eigenvalue weighted by Crippen LogP contribution is -2.53. The first-order valence-electron chi connectivity index (χ1n) is 6.70. The summed E-state index contributed by atoms with van der Waals surface area (Å²) in [4.78, 5) is 4.38. The van der Waals surface area contributed by atoms with Crippen LogP contribution in [-0.2, 0) is 0 Å². The second-order valence-electron chi connectivity index (χ2n) is 5.04. The molecule has 5 heteroatoms. The van der Waals surface area contributed by atoms with Crippen LogP contribution in [0.1, 0.15) is 6.92 Å². The van der Waals surface area contributed by atoms with Gasteiger partial charge in [-0.2, -0.15) is 0 Å². The zero-order valence-electron chi connectivity index (χ0n) is 11.5. The molecule has 1 aliphatic rings. The van der Waals surface area contributed by atoms with Gasteiger partial charge in [0, 0.05) is 44.8 Å². The van der Waals surface area contributed by atoms with Gasteiger partial charge in [-0.1, -0.05) is 0 Å². The van der Waals surface area contributed by atoms with Crippen molar-refractivity contribution < 1.29 is 8.78 Å². The van der Waals surface area contributed by atoms with Crippen LogP contribution in [0.4, 0.5) is 14.5 Å². The zero-order chi connectivity index (χ0) is 13.8. The highest BCUT2D eigenvalue weighted by Crippen LogP contribution is 2.24. The van der Waals surface area contributed by atoms with E-state index in [0.29, 0.717) is 5.69 Å². The molecule has 0 aliphatic carbocycles. The second-order valence-corrected chi connectivity index (χ2v) is 5.04. The van der Waals surface area contributed by atoms with Crippen LogP contribution >= 0.6 is 0 Å². The van der Waals surface area contributed by atoms with Crippen LogP contribution in [0, 0.1) is 11.6 Å². The van der Waals surface area contributed by atoms with Crippen LogP contribution in [0.15, 0.2) is 18.2 Å². The van der Waals surface area contributed by atoms with Crippen LogP contribution < -0.4 is 10.2 Å². The lowest BCUT2D eigenvalue weighted by atomic mass is 10.1. The molecule has 1 N–H and O–H groups in total. The smallest absolute Gasteiger partial charge is 0.149 e. The predicted molar refractivity (Wildman–Crippen MR) is 73.5 cm³/mol. The summed E-state index contributed by atoms with van der Waals surface area (Å²) in [5, 5.41) is 3.13. The van der Waals surface area contributed by atoms with Gasteiger partial charge in [0.1, 0.15) is 11.6 Å².